The molecular formula is C9H7ClKNO3S. The predicted molar refractivity (Wildman–Crippen MR) is 59.8 cm³/mol. The first kappa shape index (κ1) is 14.4. The third-order valence-electron chi connectivity index (χ3n) is 1.93. The number of halogens is 1. The van der Waals surface area contributed by atoms with Crippen LogP contribution in [0.25, 0.3) is 10.2 Å². The van der Waals surface area contributed by atoms with Gasteiger partial charge in [-0.15, -0.1) is 0 Å². The van der Waals surface area contributed by atoms with Gasteiger partial charge in [-0.25, -0.2) is 0 Å². The molecule has 0 fully saturated rings. The molecular weight excluding hydrogens is 277 g/mol. The topological polar surface area (TPSA) is 59.3 Å². The van der Waals surface area contributed by atoms with Crippen LogP contribution in [0.2, 0.25) is 5.02 Å². The molecule has 0 aliphatic rings. The Hall–Kier alpha value is 0.306. The summed E-state index contributed by atoms with van der Waals surface area (Å²) in [5.74, 6) is -1.06. The predicted octanol–water partition coefficient (Wildman–Crippen LogP) is -1.08. The first-order valence-electron chi connectivity index (χ1n) is 4.09. The van der Waals surface area contributed by atoms with Gasteiger partial charge in [0.1, 0.15) is 6.54 Å². The minimum atomic E-state index is -1.06. The number of aliphatic carboxylic acids is 1. The van der Waals surface area contributed by atoms with Crippen molar-refractivity contribution in [2.45, 2.75) is 6.54 Å². The van der Waals surface area contributed by atoms with Crippen LogP contribution in [0.5, 0.6) is 0 Å². The molecule has 4 nitrogen and oxygen atoms in total. The molecule has 2 aromatic rings. The summed E-state index contributed by atoms with van der Waals surface area (Å²) in [7, 11) is 0. The third kappa shape index (κ3) is 2.76. The number of hydrogen-bond acceptors (Lipinski definition) is 3. The van der Waals surface area contributed by atoms with E-state index in [0.29, 0.717) is 15.2 Å². The molecule has 0 bridgehead atoms. The molecule has 1 aromatic heterocycles. The van der Waals surface area contributed by atoms with E-state index in [1.807, 2.05) is 0 Å². The zero-order valence-electron chi connectivity index (χ0n) is 9.44. The van der Waals surface area contributed by atoms with Crippen LogP contribution < -0.4 is 56.3 Å². The van der Waals surface area contributed by atoms with Crippen LogP contribution in [0.1, 0.15) is 1.43 Å². The van der Waals surface area contributed by atoms with Gasteiger partial charge >= 0.3 is 62.2 Å². The average Bonchev–Trinajstić information content (AvgIpc) is 2.43. The molecule has 0 unspecified atom stereocenters. The molecule has 80 valence electrons. The number of carboxylic acids is 1. The number of benzene rings is 1. The van der Waals surface area contributed by atoms with Crippen LogP contribution >= 0.6 is 22.9 Å². The van der Waals surface area contributed by atoms with E-state index in [9.17, 15) is 9.59 Å². The Kier molecular flexibility index (Phi) is 5.18. The summed E-state index contributed by atoms with van der Waals surface area (Å²) in [6, 6.07) is 5.10. The maximum Gasteiger partial charge on any atom is 1.00 e. The standard InChI is InChI=1S/C9H6ClNO3S.K.H/c10-5-2-1-3-6-8(5)11(4-7(12)13)9(14)15-6;;/h1-3H,4H2,(H,12,13);;/q;+1;-1. The zero-order valence-corrected chi connectivity index (χ0v) is 13.1. The second kappa shape index (κ2) is 5.77. The fourth-order valence-electron chi connectivity index (χ4n) is 1.36. The van der Waals surface area contributed by atoms with E-state index in [2.05, 4.69) is 0 Å². The van der Waals surface area contributed by atoms with Gasteiger partial charge in [0.15, 0.2) is 0 Å². The first-order chi connectivity index (χ1) is 7.09. The van der Waals surface area contributed by atoms with E-state index in [4.69, 9.17) is 16.7 Å². The summed E-state index contributed by atoms with van der Waals surface area (Å²) < 4.78 is 1.87. The van der Waals surface area contributed by atoms with Crippen LogP contribution in [0.4, 0.5) is 0 Å². The van der Waals surface area contributed by atoms with Gasteiger partial charge in [0, 0.05) is 0 Å². The van der Waals surface area contributed by atoms with E-state index in [1.54, 1.807) is 18.2 Å². The van der Waals surface area contributed by atoms with Crippen LogP contribution in [0.15, 0.2) is 23.0 Å². The second-order valence-corrected chi connectivity index (χ2v) is 4.33. The first-order valence-corrected chi connectivity index (χ1v) is 5.28. The Labute approximate surface area is 144 Å². The number of fused-ring (bicyclic) bond motifs is 1. The van der Waals surface area contributed by atoms with Crippen LogP contribution in [0.3, 0.4) is 0 Å². The van der Waals surface area contributed by atoms with E-state index in [0.717, 1.165) is 11.3 Å². The van der Waals surface area contributed by atoms with Crippen molar-refractivity contribution in [3.63, 3.8) is 0 Å². The number of rotatable bonds is 2. The van der Waals surface area contributed by atoms with E-state index >= 15 is 0 Å². The van der Waals surface area contributed by atoms with Gasteiger partial charge in [0.25, 0.3) is 0 Å². The maximum atomic E-state index is 11.5. The molecule has 0 aliphatic heterocycles. The Balaban J connectivity index is 0.00000128. The Morgan fingerprint density at radius 2 is 2.25 bits per heavy atom. The minimum Gasteiger partial charge on any atom is -1.00 e. The molecule has 1 heterocycles. The number of para-hydroxylation sites is 1. The van der Waals surface area contributed by atoms with Gasteiger partial charge in [-0.3, -0.25) is 14.2 Å². The van der Waals surface area contributed by atoms with Gasteiger partial charge in [-0.1, -0.05) is 29.0 Å². The van der Waals surface area contributed by atoms with Gasteiger partial charge in [0.2, 0.25) is 0 Å². The second-order valence-electron chi connectivity index (χ2n) is 2.93. The summed E-state index contributed by atoms with van der Waals surface area (Å²) in [5, 5.41) is 9.06. The van der Waals surface area contributed by atoms with Crippen molar-refractivity contribution in [1.82, 2.24) is 4.57 Å². The molecule has 0 spiro atoms. The Morgan fingerprint density at radius 3 is 2.88 bits per heavy atom. The molecule has 2 rings (SSSR count). The molecule has 0 saturated carbocycles. The number of thiazole rings is 1. The number of carboxylic acid groups (broad SMARTS) is 1. The number of hydrogen-bond donors (Lipinski definition) is 1. The van der Waals surface area contributed by atoms with E-state index in [-0.39, 0.29) is 64.2 Å². The third-order valence-corrected chi connectivity index (χ3v) is 3.18. The van der Waals surface area contributed by atoms with Crippen molar-refractivity contribution < 1.29 is 62.7 Å². The summed E-state index contributed by atoms with van der Waals surface area (Å²) in [5.41, 5.74) is 0.497. The summed E-state index contributed by atoms with van der Waals surface area (Å²) in [6.45, 7) is -0.359. The van der Waals surface area contributed by atoms with E-state index in [1.165, 1.54) is 4.57 Å². The number of nitrogens with zero attached hydrogens (tertiary/aromatic N) is 1. The molecule has 16 heavy (non-hydrogen) atoms. The molecule has 1 aromatic carbocycles. The van der Waals surface area contributed by atoms with Crippen molar-refractivity contribution in [3.05, 3.63) is 32.9 Å². The zero-order chi connectivity index (χ0) is 11.0. The van der Waals surface area contributed by atoms with Gasteiger partial charge in [-0.2, -0.15) is 0 Å². The van der Waals surface area contributed by atoms with Crippen LogP contribution in [-0.2, 0) is 11.3 Å². The van der Waals surface area contributed by atoms with Gasteiger partial charge in [-0.05, 0) is 12.1 Å². The van der Waals surface area contributed by atoms with Crippen molar-refractivity contribution in [2.24, 2.45) is 0 Å². The summed E-state index contributed by atoms with van der Waals surface area (Å²) in [4.78, 5) is 21.8. The molecule has 0 amide bonds. The molecule has 0 saturated heterocycles. The number of aromatic nitrogens is 1. The van der Waals surface area contributed by atoms with Crippen LogP contribution in [0, 0.1) is 0 Å². The fourth-order valence-corrected chi connectivity index (χ4v) is 2.61. The minimum absolute atomic E-state index is 0. The van der Waals surface area contributed by atoms with Crippen molar-refractivity contribution in [1.29, 1.82) is 0 Å². The number of carbonyl (C=O) groups is 1. The molecule has 0 radical (unpaired) electrons. The monoisotopic (exact) mass is 283 g/mol. The smallest absolute Gasteiger partial charge is 1.00 e. The van der Waals surface area contributed by atoms with Gasteiger partial charge < -0.3 is 6.53 Å². The molecule has 1 N–H and O–H groups in total. The largest absolute Gasteiger partial charge is 1.00 e. The molecule has 0 aliphatic carbocycles. The molecule has 7 heteroatoms. The quantitative estimate of drug-likeness (QED) is 0.713. The fraction of sp³-hybridized carbons (Fsp3) is 0.111. The van der Waals surface area contributed by atoms with Crippen molar-refractivity contribution >= 4 is 39.1 Å². The summed E-state index contributed by atoms with van der Waals surface area (Å²) in [6.07, 6.45) is 0. The molecule has 0 atom stereocenters. The normalized spacial score (nSPS) is 10.1. The van der Waals surface area contributed by atoms with Gasteiger partial charge in [0.05, 0.1) is 15.2 Å². The van der Waals surface area contributed by atoms with E-state index < -0.39 is 5.97 Å². The SMILES string of the molecule is O=C(O)Cn1c(=O)sc2cccc(Cl)c21.[H-].[K+]. The Bertz CT molecular complexity index is 597. The Morgan fingerprint density at radius 1 is 1.56 bits per heavy atom. The van der Waals surface area contributed by atoms with Crippen molar-refractivity contribution in [2.75, 3.05) is 0 Å². The van der Waals surface area contributed by atoms with Crippen molar-refractivity contribution in [3.8, 4) is 0 Å². The summed E-state index contributed by atoms with van der Waals surface area (Å²) >= 11 is 6.91. The maximum absolute atomic E-state index is 11.5. The van der Waals surface area contributed by atoms with Crippen LogP contribution in [-0.4, -0.2) is 15.6 Å². The average molecular weight is 284 g/mol.